The van der Waals surface area contributed by atoms with E-state index in [9.17, 15) is 13.2 Å². The fraction of sp³-hybridized carbons (Fsp3) is 0.160. The first-order valence-corrected chi connectivity index (χ1v) is 11.7. The van der Waals surface area contributed by atoms with E-state index >= 15 is 0 Å². The zero-order valence-electron chi connectivity index (χ0n) is 19.2. The average molecular weight is 505 g/mol. The van der Waals surface area contributed by atoms with Gasteiger partial charge in [-0.3, -0.25) is 0 Å². The highest BCUT2D eigenvalue weighted by Crippen LogP contribution is 2.23. The predicted octanol–water partition coefficient (Wildman–Crippen LogP) is 5.21. The van der Waals surface area contributed by atoms with Crippen LogP contribution in [0.2, 0.25) is 0 Å². The van der Waals surface area contributed by atoms with E-state index in [2.05, 4.69) is 79.2 Å². The summed E-state index contributed by atoms with van der Waals surface area (Å²) in [6.07, 6.45) is 4.11. The first-order valence-electron chi connectivity index (χ1n) is 10.3. The summed E-state index contributed by atoms with van der Waals surface area (Å²) in [7, 11) is 0.124. The fourth-order valence-corrected chi connectivity index (χ4v) is 3.22. The average Bonchev–Trinajstić information content (AvgIpc) is 3.27. The molecule has 0 amide bonds. The molecule has 0 spiro atoms. The van der Waals surface area contributed by atoms with Gasteiger partial charge in [0.2, 0.25) is 11.2 Å². The highest BCUT2D eigenvalue weighted by molar-refractivity contribution is 7.86. The minimum atomic E-state index is -6.09. The first kappa shape index (κ1) is 26.0. The van der Waals surface area contributed by atoms with E-state index in [0.29, 0.717) is 0 Å². The van der Waals surface area contributed by atoms with Crippen molar-refractivity contribution in [1.29, 1.82) is 0 Å². The van der Waals surface area contributed by atoms with Gasteiger partial charge in [0.25, 0.3) is 0 Å². The molecule has 2 aromatic heterocycles. The number of pyridine rings is 1. The summed E-state index contributed by atoms with van der Waals surface area (Å²) in [6, 6.07) is 25.0. The third kappa shape index (κ3) is 6.49. The van der Waals surface area contributed by atoms with Crippen LogP contribution in [0.15, 0.2) is 77.2 Å². The quantitative estimate of drug-likeness (QED) is 0.217. The van der Waals surface area contributed by atoms with Crippen molar-refractivity contribution in [2.45, 2.75) is 5.51 Å². The number of hydrogen-bond acceptors (Lipinski definition) is 5. The second-order valence-corrected chi connectivity index (χ2v) is 9.13. The molecule has 35 heavy (non-hydrogen) atoms. The van der Waals surface area contributed by atoms with Crippen LogP contribution >= 0.6 is 0 Å². The Bertz CT molecular complexity index is 1440. The van der Waals surface area contributed by atoms with Crippen LogP contribution in [0.5, 0.6) is 0 Å². The Morgan fingerprint density at radius 3 is 2.20 bits per heavy atom. The van der Waals surface area contributed by atoms with Crippen LogP contribution in [-0.4, -0.2) is 32.6 Å². The monoisotopic (exact) mass is 504 g/mol. The van der Waals surface area contributed by atoms with Gasteiger partial charge in [0.1, 0.15) is 18.6 Å². The summed E-state index contributed by atoms with van der Waals surface area (Å²) in [4.78, 5) is 2.12. The Labute approximate surface area is 201 Å². The molecular formula is C25H23F3N2O4S. The molecule has 0 N–H and O–H groups in total. The number of rotatable bonds is 4. The lowest BCUT2D eigenvalue weighted by Gasteiger charge is -2.12. The molecule has 6 nitrogen and oxygen atoms in total. The van der Waals surface area contributed by atoms with Crippen molar-refractivity contribution < 1.29 is 35.1 Å². The van der Waals surface area contributed by atoms with Gasteiger partial charge in [-0.2, -0.15) is 17.7 Å². The van der Waals surface area contributed by atoms with Crippen molar-refractivity contribution in [3.05, 3.63) is 84.3 Å². The lowest BCUT2D eigenvalue weighted by atomic mass is 10.1. The topological polar surface area (TPSA) is 77.5 Å². The normalized spacial score (nSPS) is 12.0. The maximum atomic E-state index is 10.7. The molecule has 184 valence electrons. The van der Waals surface area contributed by atoms with Crippen molar-refractivity contribution in [2.75, 3.05) is 19.0 Å². The molecule has 4 aromatic rings. The summed E-state index contributed by atoms with van der Waals surface area (Å²) >= 11 is 0. The van der Waals surface area contributed by atoms with E-state index in [4.69, 9.17) is 17.4 Å². The van der Waals surface area contributed by atoms with Crippen LogP contribution in [0.25, 0.3) is 34.4 Å². The van der Waals surface area contributed by atoms with Crippen LogP contribution in [0, 0.1) is 0 Å². The molecule has 10 heteroatoms. The van der Waals surface area contributed by atoms with Gasteiger partial charge in [0.05, 0.1) is 0 Å². The SMILES string of the molecule is CN(C)c1ccc2c(ccc(C=Cc3ccc(-c4ccccc4)o3)[n+]2C)c1.O=S(=O)([O-])C(F)(F)F. The van der Waals surface area contributed by atoms with Crippen LogP contribution in [0.4, 0.5) is 18.9 Å². The Morgan fingerprint density at radius 2 is 1.60 bits per heavy atom. The number of halogens is 3. The maximum Gasteiger partial charge on any atom is 0.485 e. The number of benzene rings is 2. The molecule has 0 aliphatic carbocycles. The zero-order valence-corrected chi connectivity index (χ0v) is 20.0. The minimum absolute atomic E-state index is 0.844. The van der Waals surface area contributed by atoms with Crippen LogP contribution in [-0.2, 0) is 17.2 Å². The van der Waals surface area contributed by atoms with Crippen LogP contribution < -0.4 is 9.47 Å². The third-order valence-electron chi connectivity index (χ3n) is 5.10. The lowest BCUT2D eigenvalue weighted by molar-refractivity contribution is -0.646. The molecule has 2 aromatic carbocycles. The van der Waals surface area contributed by atoms with Crippen molar-refractivity contribution in [2.24, 2.45) is 7.05 Å². The number of nitrogens with zero attached hydrogens (tertiary/aromatic N) is 2. The van der Waals surface area contributed by atoms with E-state index in [1.165, 1.54) is 16.6 Å². The Morgan fingerprint density at radius 1 is 0.943 bits per heavy atom. The lowest BCUT2D eigenvalue weighted by Crippen LogP contribution is -2.32. The van der Waals surface area contributed by atoms with E-state index < -0.39 is 15.6 Å². The highest BCUT2D eigenvalue weighted by Gasteiger charge is 2.36. The Balaban J connectivity index is 0.000000371. The molecule has 0 atom stereocenters. The van der Waals surface area contributed by atoms with Gasteiger partial charge >= 0.3 is 5.51 Å². The van der Waals surface area contributed by atoms with Gasteiger partial charge in [0.15, 0.2) is 10.1 Å². The molecule has 4 rings (SSSR count). The number of furan rings is 1. The molecule has 0 bridgehead atoms. The summed E-state index contributed by atoms with van der Waals surface area (Å²) in [5.41, 5.74) is -1.03. The van der Waals surface area contributed by atoms with Crippen molar-refractivity contribution >= 4 is 38.9 Å². The number of fused-ring (bicyclic) bond motifs is 1. The van der Waals surface area contributed by atoms with Crippen LogP contribution in [0.3, 0.4) is 0 Å². The molecule has 2 heterocycles. The minimum Gasteiger partial charge on any atom is -0.741 e. The number of hydrogen-bond donors (Lipinski definition) is 0. The number of anilines is 1. The zero-order chi connectivity index (χ0) is 25.8. The van der Waals surface area contributed by atoms with Gasteiger partial charge < -0.3 is 13.9 Å². The highest BCUT2D eigenvalue weighted by atomic mass is 32.2. The van der Waals surface area contributed by atoms with Gasteiger partial charge in [-0.15, -0.1) is 0 Å². The molecule has 0 fully saturated rings. The van der Waals surface area contributed by atoms with Crippen molar-refractivity contribution in [3.63, 3.8) is 0 Å². The van der Waals surface area contributed by atoms with Crippen molar-refractivity contribution in [1.82, 2.24) is 0 Å². The second kappa shape index (κ2) is 10.3. The maximum absolute atomic E-state index is 10.7. The molecule has 0 aliphatic heterocycles. The summed E-state index contributed by atoms with van der Waals surface area (Å²) in [5, 5.41) is 1.23. The van der Waals surface area contributed by atoms with E-state index in [0.717, 1.165) is 22.8 Å². The number of aryl methyl sites for hydroxylation is 1. The van der Waals surface area contributed by atoms with E-state index in [1.807, 2.05) is 36.4 Å². The van der Waals surface area contributed by atoms with E-state index in [1.54, 1.807) is 0 Å². The summed E-state index contributed by atoms with van der Waals surface area (Å²) in [5.74, 6) is 1.73. The third-order valence-corrected chi connectivity index (χ3v) is 5.66. The first-order chi connectivity index (χ1) is 16.4. The van der Waals surface area contributed by atoms with Crippen LogP contribution in [0.1, 0.15) is 11.5 Å². The van der Waals surface area contributed by atoms with Gasteiger partial charge in [-0.1, -0.05) is 30.3 Å². The van der Waals surface area contributed by atoms with Gasteiger partial charge in [0, 0.05) is 48.9 Å². The van der Waals surface area contributed by atoms with Gasteiger partial charge in [-0.05, 0) is 36.4 Å². The Kier molecular flexibility index (Phi) is 7.67. The molecular weight excluding hydrogens is 481 g/mol. The number of alkyl halides is 3. The fourth-order valence-electron chi connectivity index (χ4n) is 3.22. The largest absolute Gasteiger partial charge is 0.741 e. The molecule has 0 saturated heterocycles. The van der Waals surface area contributed by atoms with Crippen molar-refractivity contribution in [3.8, 4) is 11.3 Å². The molecule has 0 aliphatic rings. The summed E-state index contributed by atoms with van der Waals surface area (Å²) < 4.78 is 67.1. The smallest absolute Gasteiger partial charge is 0.485 e. The second-order valence-electron chi connectivity index (χ2n) is 7.76. The molecule has 0 saturated carbocycles. The molecule has 0 unspecified atom stereocenters. The van der Waals surface area contributed by atoms with Gasteiger partial charge in [-0.25, -0.2) is 8.42 Å². The standard InChI is InChI=1S/C24H23N2O.CHF3O3S/c1-25(2)21-12-15-23-19(17-21)9-10-20(26(23)3)11-13-22-14-16-24(27-22)18-7-5-4-6-8-18;2-1(3,4)8(5,6)7/h4-17H,1-3H3;(H,5,6,7)/q+1;/p-1. The number of aromatic nitrogens is 1. The predicted molar refractivity (Wildman–Crippen MR) is 128 cm³/mol. The molecule has 0 radical (unpaired) electrons. The summed E-state index contributed by atoms with van der Waals surface area (Å²) in [6.45, 7) is 0. The Hall–Kier alpha value is -3.63. The van der Waals surface area contributed by atoms with E-state index in [-0.39, 0.29) is 0 Å².